The fourth-order valence-electron chi connectivity index (χ4n) is 8.08. The summed E-state index contributed by atoms with van der Waals surface area (Å²) >= 11 is 0. The van der Waals surface area contributed by atoms with Gasteiger partial charge in [-0.3, -0.25) is 13.8 Å². The van der Waals surface area contributed by atoms with Crippen LogP contribution < -0.4 is 5.32 Å². The molecule has 0 aliphatic rings. The normalized spacial score (nSPS) is 14.7. The third-order valence-electron chi connectivity index (χ3n) is 12.7. The molecule has 0 aromatic carbocycles. The Bertz CT molecular complexity index is 1550. The van der Waals surface area contributed by atoms with Gasteiger partial charge in [0.2, 0.25) is 5.91 Å². The molecular weight excluding hydrogens is 924 g/mol. The number of hydrogen-bond acceptors (Lipinski definition) is 5. The lowest BCUT2D eigenvalue weighted by atomic mass is 10.0. The van der Waals surface area contributed by atoms with Gasteiger partial charge >= 0.3 is 7.82 Å². The smallest absolute Gasteiger partial charge is 0.387 e. The number of carbonyl (C=O) groups is 1. The number of carbonyl (C=O) groups excluding carboxylic acids is 1. The first kappa shape index (κ1) is 70.2. The maximum Gasteiger partial charge on any atom is 0.472 e. The van der Waals surface area contributed by atoms with Gasteiger partial charge in [-0.05, 0) is 96.3 Å². The quantitative estimate of drug-likeness (QED) is 0.0243. The van der Waals surface area contributed by atoms with Crippen LogP contribution in [0.15, 0.2) is 109 Å². The van der Waals surface area contributed by atoms with Gasteiger partial charge in [-0.2, -0.15) is 0 Å². The maximum absolute atomic E-state index is 13.0. The van der Waals surface area contributed by atoms with Gasteiger partial charge in [-0.15, -0.1) is 0 Å². The van der Waals surface area contributed by atoms with Crippen LogP contribution in [0.2, 0.25) is 0 Å². The minimum atomic E-state index is -4.36. The molecular formula is C64H114N2O6P+. The van der Waals surface area contributed by atoms with E-state index >= 15 is 0 Å². The molecule has 420 valence electrons. The first-order valence-electron chi connectivity index (χ1n) is 29.8. The predicted molar refractivity (Wildman–Crippen MR) is 318 cm³/mol. The number of hydrogen-bond donors (Lipinski definition) is 3. The average molecular weight is 1040 g/mol. The van der Waals surface area contributed by atoms with Crippen molar-refractivity contribution in [1.29, 1.82) is 0 Å². The zero-order valence-electron chi connectivity index (χ0n) is 47.8. The molecule has 3 unspecified atom stereocenters. The molecule has 0 saturated heterocycles. The Kier molecular flexibility index (Phi) is 51.9. The van der Waals surface area contributed by atoms with Crippen molar-refractivity contribution in [3.8, 4) is 0 Å². The zero-order valence-corrected chi connectivity index (χ0v) is 48.7. The van der Waals surface area contributed by atoms with Crippen LogP contribution >= 0.6 is 7.82 Å². The highest BCUT2D eigenvalue weighted by molar-refractivity contribution is 7.47. The second-order valence-electron chi connectivity index (χ2n) is 21.0. The summed E-state index contributed by atoms with van der Waals surface area (Å²) in [5.74, 6) is -0.195. The van der Waals surface area contributed by atoms with Crippen LogP contribution in [-0.2, 0) is 18.4 Å². The van der Waals surface area contributed by atoms with Crippen molar-refractivity contribution < 1.29 is 32.9 Å². The molecule has 9 heteroatoms. The molecule has 0 bridgehead atoms. The van der Waals surface area contributed by atoms with Gasteiger partial charge < -0.3 is 19.8 Å². The number of phosphoric ester groups is 1. The van der Waals surface area contributed by atoms with Gasteiger partial charge in [0, 0.05) is 6.42 Å². The topological polar surface area (TPSA) is 105 Å². The first-order valence-corrected chi connectivity index (χ1v) is 31.3. The number of unbranched alkanes of at least 4 members (excludes halogenated alkanes) is 24. The fourth-order valence-corrected chi connectivity index (χ4v) is 8.81. The number of allylic oxidation sites excluding steroid dienone is 17. The Labute approximate surface area is 451 Å². The first-order chi connectivity index (χ1) is 35.5. The van der Waals surface area contributed by atoms with Crippen LogP contribution in [0.25, 0.3) is 0 Å². The second kappa shape index (κ2) is 54.0. The molecule has 3 N–H and O–H groups in total. The van der Waals surface area contributed by atoms with Crippen molar-refractivity contribution in [2.45, 2.75) is 251 Å². The molecule has 0 saturated carbocycles. The van der Waals surface area contributed by atoms with Crippen molar-refractivity contribution in [3.05, 3.63) is 109 Å². The van der Waals surface area contributed by atoms with Gasteiger partial charge in [-0.1, -0.05) is 245 Å². The van der Waals surface area contributed by atoms with Crippen LogP contribution in [-0.4, -0.2) is 73.4 Å². The van der Waals surface area contributed by atoms with E-state index in [4.69, 9.17) is 9.05 Å². The van der Waals surface area contributed by atoms with E-state index in [1.54, 1.807) is 6.08 Å². The largest absolute Gasteiger partial charge is 0.472 e. The summed E-state index contributed by atoms with van der Waals surface area (Å²) in [4.78, 5) is 23.3. The Morgan fingerprint density at radius 2 is 0.836 bits per heavy atom. The number of aliphatic hydroxyl groups excluding tert-OH is 1. The summed E-state index contributed by atoms with van der Waals surface area (Å²) < 4.78 is 23.7. The van der Waals surface area contributed by atoms with Gasteiger partial charge in [0.15, 0.2) is 0 Å². The van der Waals surface area contributed by atoms with Crippen LogP contribution in [0.5, 0.6) is 0 Å². The molecule has 0 aromatic rings. The molecule has 0 heterocycles. The lowest BCUT2D eigenvalue weighted by Crippen LogP contribution is -2.45. The van der Waals surface area contributed by atoms with E-state index in [1.807, 2.05) is 27.2 Å². The van der Waals surface area contributed by atoms with Gasteiger partial charge in [0.05, 0.1) is 39.9 Å². The highest BCUT2D eigenvalue weighted by Crippen LogP contribution is 2.43. The zero-order chi connectivity index (χ0) is 53.5. The summed E-state index contributed by atoms with van der Waals surface area (Å²) in [7, 11) is 1.54. The minimum absolute atomic E-state index is 0.0492. The van der Waals surface area contributed by atoms with E-state index in [1.165, 1.54) is 135 Å². The average Bonchev–Trinajstić information content (AvgIpc) is 3.35. The molecule has 0 fully saturated rings. The van der Waals surface area contributed by atoms with E-state index in [-0.39, 0.29) is 19.1 Å². The summed E-state index contributed by atoms with van der Waals surface area (Å²) in [6.07, 6.45) is 79.1. The molecule has 73 heavy (non-hydrogen) atoms. The van der Waals surface area contributed by atoms with Crippen molar-refractivity contribution in [2.24, 2.45) is 0 Å². The molecule has 3 atom stereocenters. The van der Waals surface area contributed by atoms with E-state index < -0.39 is 20.0 Å². The SMILES string of the molecule is CC/C=C\C/C=C\C/C=C\C/C=C\C/C=C\C/C=C\CCCCCCCCCCCCCCCCC(=O)NC(COP(=O)(O)OCC[N+](C)(C)C)C(O)/C=C/CC/C=C/CC/C=C/CCCCCCCCCC. The number of amides is 1. The number of nitrogens with one attached hydrogen (secondary N) is 1. The molecule has 0 rings (SSSR count). The van der Waals surface area contributed by atoms with Gasteiger partial charge in [0.25, 0.3) is 0 Å². The maximum atomic E-state index is 13.0. The molecule has 0 spiro atoms. The fraction of sp³-hybridized carbons (Fsp3) is 0.703. The van der Waals surface area contributed by atoms with E-state index in [2.05, 4.69) is 116 Å². The van der Waals surface area contributed by atoms with E-state index in [0.717, 1.165) is 83.5 Å². The second-order valence-corrected chi connectivity index (χ2v) is 22.4. The summed E-state index contributed by atoms with van der Waals surface area (Å²) in [6, 6.07) is -0.877. The third-order valence-corrected chi connectivity index (χ3v) is 13.7. The lowest BCUT2D eigenvalue weighted by Gasteiger charge is -2.25. The highest BCUT2D eigenvalue weighted by atomic mass is 31.2. The molecule has 0 aliphatic carbocycles. The van der Waals surface area contributed by atoms with Crippen molar-refractivity contribution in [2.75, 3.05) is 40.9 Å². The number of aliphatic hydroxyl groups is 1. The molecule has 8 nitrogen and oxygen atoms in total. The van der Waals surface area contributed by atoms with Crippen LogP contribution in [0, 0.1) is 0 Å². The van der Waals surface area contributed by atoms with Crippen LogP contribution in [0.1, 0.15) is 239 Å². The molecule has 1 amide bonds. The summed E-state index contributed by atoms with van der Waals surface area (Å²) in [5.41, 5.74) is 0. The number of quaternary nitrogens is 1. The number of rotatable bonds is 53. The van der Waals surface area contributed by atoms with E-state index in [0.29, 0.717) is 17.4 Å². The number of likely N-dealkylation sites (N-methyl/N-ethyl adjacent to an activating group) is 1. The summed E-state index contributed by atoms with van der Waals surface area (Å²) in [6.45, 7) is 4.67. The van der Waals surface area contributed by atoms with Crippen molar-refractivity contribution >= 4 is 13.7 Å². The number of nitrogens with zero attached hydrogens (tertiary/aromatic N) is 1. The predicted octanol–water partition coefficient (Wildman–Crippen LogP) is 18.4. The van der Waals surface area contributed by atoms with E-state index in [9.17, 15) is 19.4 Å². The van der Waals surface area contributed by atoms with Gasteiger partial charge in [0.1, 0.15) is 13.2 Å². The van der Waals surface area contributed by atoms with Crippen molar-refractivity contribution in [1.82, 2.24) is 5.32 Å². The Morgan fingerprint density at radius 3 is 1.26 bits per heavy atom. The third kappa shape index (κ3) is 56.7. The Morgan fingerprint density at radius 1 is 0.479 bits per heavy atom. The van der Waals surface area contributed by atoms with Crippen LogP contribution in [0.3, 0.4) is 0 Å². The van der Waals surface area contributed by atoms with Gasteiger partial charge in [-0.25, -0.2) is 4.57 Å². The van der Waals surface area contributed by atoms with Crippen LogP contribution in [0.4, 0.5) is 0 Å². The lowest BCUT2D eigenvalue weighted by molar-refractivity contribution is -0.870. The molecule has 0 aliphatic heterocycles. The summed E-state index contributed by atoms with van der Waals surface area (Å²) in [5, 5.41) is 13.9. The molecule has 0 radical (unpaired) electrons. The van der Waals surface area contributed by atoms with Crippen molar-refractivity contribution in [3.63, 3.8) is 0 Å². The molecule has 0 aromatic heterocycles. The highest BCUT2D eigenvalue weighted by Gasteiger charge is 2.27. The standard InChI is InChI=1S/C64H113N2O6P/c1-6-8-10-12-14-16-18-20-22-24-26-27-28-29-30-31-32-33-34-35-36-37-38-39-40-42-44-46-48-50-52-54-56-58-64(68)65-62(61-72-73(69,70)71-60-59-66(3,4)5)63(67)57-55-53-51-49-47-45-43-41-25-23-21-19-17-15-13-11-9-7-2/h8,10,14,16,20,22,25-27,29-30,32-33,41,47,49,55,57,62-63,67H,6-7,9,11-13,15,17-19,21,23-24,28,31,34-40,42-46,48,50-54,56,58-61H2,1-5H3,(H-,65,68,69,70)/p+1/b10-8-,16-14-,22-20-,27-26-,30-29-,33-32-,41-25+,49-47+,57-55+. The Hall–Kier alpha value is -2.84. The minimum Gasteiger partial charge on any atom is -0.387 e. The number of phosphoric acid groups is 1. The monoisotopic (exact) mass is 1040 g/mol. The Balaban J connectivity index is 4.18.